The molecule has 0 spiro atoms. The van der Waals surface area contributed by atoms with Crippen molar-refractivity contribution in [2.75, 3.05) is 18.0 Å². The normalized spacial score (nSPS) is 29.4. The summed E-state index contributed by atoms with van der Waals surface area (Å²) in [5, 5.41) is 9.55. The van der Waals surface area contributed by atoms with E-state index in [0.717, 1.165) is 0 Å². The van der Waals surface area contributed by atoms with Crippen LogP contribution in [0.1, 0.15) is 0 Å². The fourth-order valence-electron chi connectivity index (χ4n) is 2.14. The molecule has 4 nitrogen and oxygen atoms in total. The molecule has 0 aliphatic carbocycles. The Morgan fingerprint density at radius 2 is 1.89 bits per heavy atom. The lowest BCUT2D eigenvalue weighted by Gasteiger charge is -2.41. The fourth-order valence-corrected chi connectivity index (χ4v) is 2.14. The molecule has 0 aromatic carbocycles. The number of hydrogen-bond donors (Lipinski definition) is 2. The first-order valence-electron chi connectivity index (χ1n) is 5.55. The Morgan fingerprint density at radius 1 is 1.28 bits per heavy atom. The molecule has 2 rings (SSSR count). The van der Waals surface area contributed by atoms with Crippen molar-refractivity contribution in [1.82, 2.24) is 4.98 Å². The molecule has 7 heteroatoms. The van der Waals surface area contributed by atoms with E-state index in [1.165, 1.54) is 17.3 Å². The van der Waals surface area contributed by atoms with Gasteiger partial charge < -0.3 is 15.7 Å². The molecule has 1 aromatic heterocycles. The minimum Gasteiger partial charge on any atom is -0.391 e. The SMILES string of the molecule is N[C@@H]1CN(c2ccncc2)C[C@H](C(F)(F)F)[C@H]1O. The minimum absolute atomic E-state index is 0.192. The van der Waals surface area contributed by atoms with Crippen molar-refractivity contribution >= 4 is 5.69 Å². The summed E-state index contributed by atoms with van der Waals surface area (Å²) in [6.07, 6.45) is -2.99. The quantitative estimate of drug-likeness (QED) is 0.783. The Labute approximate surface area is 102 Å². The van der Waals surface area contributed by atoms with Gasteiger partial charge in [0, 0.05) is 37.2 Å². The Bertz CT molecular complexity index is 398. The Hall–Kier alpha value is -1.34. The largest absolute Gasteiger partial charge is 0.396 e. The molecule has 1 aliphatic heterocycles. The molecule has 1 fully saturated rings. The first-order chi connectivity index (χ1) is 8.39. The lowest BCUT2D eigenvalue weighted by atomic mass is 9.90. The van der Waals surface area contributed by atoms with Crippen molar-refractivity contribution < 1.29 is 18.3 Å². The van der Waals surface area contributed by atoms with Gasteiger partial charge in [0.25, 0.3) is 0 Å². The Morgan fingerprint density at radius 3 is 2.44 bits per heavy atom. The fraction of sp³-hybridized carbons (Fsp3) is 0.545. The van der Waals surface area contributed by atoms with Gasteiger partial charge in [-0.1, -0.05) is 0 Å². The van der Waals surface area contributed by atoms with Gasteiger partial charge in [0.1, 0.15) is 0 Å². The zero-order valence-electron chi connectivity index (χ0n) is 9.51. The molecule has 0 unspecified atom stereocenters. The van der Waals surface area contributed by atoms with Crippen molar-refractivity contribution in [1.29, 1.82) is 0 Å². The summed E-state index contributed by atoms with van der Waals surface area (Å²) in [4.78, 5) is 5.34. The molecule has 0 radical (unpaired) electrons. The summed E-state index contributed by atoms with van der Waals surface area (Å²) in [5.41, 5.74) is 6.21. The van der Waals surface area contributed by atoms with E-state index < -0.39 is 24.2 Å². The highest BCUT2D eigenvalue weighted by Crippen LogP contribution is 2.34. The number of alkyl halides is 3. The summed E-state index contributed by atoms with van der Waals surface area (Å²) in [6.45, 7) is -0.0971. The molecule has 0 amide bonds. The smallest absolute Gasteiger partial charge is 0.391 e. The number of aromatic nitrogens is 1. The lowest BCUT2D eigenvalue weighted by Crippen LogP contribution is -2.60. The number of nitrogens with two attached hydrogens (primary N) is 1. The molecule has 1 aromatic rings. The third-order valence-electron chi connectivity index (χ3n) is 3.15. The van der Waals surface area contributed by atoms with E-state index in [2.05, 4.69) is 4.98 Å². The third-order valence-corrected chi connectivity index (χ3v) is 3.15. The average Bonchev–Trinajstić information content (AvgIpc) is 2.32. The predicted molar refractivity (Wildman–Crippen MR) is 60.0 cm³/mol. The van der Waals surface area contributed by atoms with E-state index in [9.17, 15) is 18.3 Å². The van der Waals surface area contributed by atoms with Gasteiger partial charge in [0.15, 0.2) is 0 Å². The molecule has 1 saturated heterocycles. The highest BCUT2D eigenvalue weighted by Gasteiger charge is 2.49. The van der Waals surface area contributed by atoms with E-state index >= 15 is 0 Å². The van der Waals surface area contributed by atoms with Gasteiger partial charge in [0.2, 0.25) is 0 Å². The number of rotatable bonds is 1. The number of aliphatic hydroxyl groups is 1. The van der Waals surface area contributed by atoms with Crippen molar-refractivity contribution in [2.24, 2.45) is 11.7 Å². The van der Waals surface area contributed by atoms with Crippen LogP contribution in [0.4, 0.5) is 18.9 Å². The second-order valence-corrected chi connectivity index (χ2v) is 4.41. The van der Waals surface area contributed by atoms with Crippen molar-refractivity contribution in [2.45, 2.75) is 18.3 Å². The third kappa shape index (κ3) is 2.56. The van der Waals surface area contributed by atoms with Crippen LogP contribution >= 0.6 is 0 Å². The van der Waals surface area contributed by atoms with Crippen LogP contribution in [-0.4, -0.2) is 41.5 Å². The molecular weight excluding hydrogens is 247 g/mol. The van der Waals surface area contributed by atoms with Gasteiger partial charge in [-0.25, -0.2) is 0 Å². The number of piperidine rings is 1. The van der Waals surface area contributed by atoms with Crippen LogP contribution < -0.4 is 10.6 Å². The monoisotopic (exact) mass is 261 g/mol. The molecule has 3 N–H and O–H groups in total. The molecular formula is C11H14F3N3O. The van der Waals surface area contributed by atoms with Crippen LogP contribution in [0.2, 0.25) is 0 Å². The first kappa shape index (κ1) is 13.1. The minimum atomic E-state index is -4.46. The second kappa shape index (κ2) is 4.74. The van der Waals surface area contributed by atoms with Crippen molar-refractivity contribution in [3.8, 4) is 0 Å². The predicted octanol–water partition coefficient (Wildman–Crippen LogP) is 0.768. The number of pyridine rings is 1. The summed E-state index contributed by atoms with van der Waals surface area (Å²) < 4.78 is 38.4. The number of hydrogen-bond acceptors (Lipinski definition) is 4. The molecule has 18 heavy (non-hydrogen) atoms. The van der Waals surface area contributed by atoms with Crippen LogP contribution in [0.25, 0.3) is 0 Å². The summed E-state index contributed by atoms with van der Waals surface area (Å²) >= 11 is 0. The van der Waals surface area contributed by atoms with E-state index in [1.807, 2.05) is 0 Å². The lowest BCUT2D eigenvalue weighted by molar-refractivity contribution is -0.203. The molecule has 1 aliphatic rings. The van der Waals surface area contributed by atoms with Gasteiger partial charge in [0.05, 0.1) is 12.0 Å². The van der Waals surface area contributed by atoms with Gasteiger partial charge >= 0.3 is 6.18 Å². The van der Waals surface area contributed by atoms with Gasteiger partial charge in [-0.2, -0.15) is 13.2 Å². The van der Waals surface area contributed by atoms with Crippen LogP contribution in [0.5, 0.6) is 0 Å². The summed E-state index contributed by atoms with van der Waals surface area (Å²) in [5.74, 6) is -1.82. The maximum absolute atomic E-state index is 12.8. The van der Waals surface area contributed by atoms with Crippen LogP contribution in [0, 0.1) is 5.92 Å². The van der Waals surface area contributed by atoms with E-state index in [1.54, 1.807) is 12.1 Å². The summed E-state index contributed by atoms with van der Waals surface area (Å²) in [7, 11) is 0. The number of halogens is 3. The second-order valence-electron chi connectivity index (χ2n) is 4.41. The zero-order valence-corrected chi connectivity index (χ0v) is 9.51. The van der Waals surface area contributed by atoms with Crippen LogP contribution in [0.15, 0.2) is 24.5 Å². The van der Waals surface area contributed by atoms with Crippen molar-refractivity contribution in [3.05, 3.63) is 24.5 Å². The molecule has 0 bridgehead atoms. The average molecular weight is 261 g/mol. The number of aliphatic hydroxyl groups excluding tert-OH is 1. The van der Waals surface area contributed by atoms with E-state index in [-0.39, 0.29) is 13.1 Å². The highest BCUT2D eigenvalue weighted by molar-refractivity contribution is 5.45. The maximum Gasteiger partial charge on any atom is 0.396 e. The molecule has 3 atom stereocenters. The first-order valence-corrected chi connectivity index (χ1v) is 5.55. The molecule has 0 saturated carbocycles. The van der Waals surface area contributed by atoms with Crippen LogP contribution in [-0.2, 0) is 0 Å². The van der Waals surface area contributed by atoms with Gasteiger partial charge in [-0.05, 0) is 12.1 Å². The topological polar surface area (TPSA) is 62.4 Å². The van der Waals surface area contributed by atoms with Crippen molar-refractivity contribution in [3.63, 3.8) is 0 Å². The van der Waals surface area contributed by atoms with E-state index in [0.29, 0.717) is 5.69 Å². The van der Waals surface area contributed by atoms with E-state index in [4.69, 9.17) is 5.73 Å². The molecule has 2 heterocycles. The van der Waals surface area contributed by atoms with Gasteiger partial charge in [-0.3, -0.25) is 4.98 Å². The Balaban J connectivity index is 2.21. The highest BCUT2D eigenvalue weighted by atomic mass is 19.4. The molecule has 100 valence electrons. The number of anilines is 1. The van der Waals surface area contributed by atoms with Gasteiger partial charge in [-0.15, -0.1) is 0 Å². The van der Waals surface area contributed by atoms with Crippen LogP contribution in [0.3, 0.4) is 0 Å². The maximum atomic E-state index is 12.8. The summed E-state index contributed by atoms with van der Waals surface area (Å²) in [6, 6.07) is 2.33. The standard InChI is InChI=1S/C11H14F3N3O/c12-11(13,14)8-5-17(6-9(15)10(8)18)7-1-3-16-4-2-7/h1-4,8-10,18H,5-6,15H2/t8-,9+,10+/m0/s1. The zero-order chi connectivity index (χ0) is 13.3. The Kier molecular flexibility index (Phi) is 3.45. The number of nitrogens with zero attached hydrogens (tertiary/aromatic N) is 2.